The zero-order chi connectivity index (χ0) is 15.8. The molecule has 1 aromatic carbocycles. The third-order valence-corrected chi connectivity index (χ3v) is 3.33. The second kappa shape index (κ2) is 5.81. The highest BCUT2D eigenvalue weighted by Gasteiger charge is 2.21. The average Bonchev–Trinajstić information content (AvgIpc) is 2.69. The molecule has 1 heterocycles. The molecule has 3 nitrogen and oxygen atoms in total. The second-order valence-corrected chi connectivity index (χ2v) is 6.84. The number of hydrogen-bond donors (Lipinski definition) is 0. The number of carbonyl (C=O) groups excluding carboxylic acids is 1. The lowest BCUT2D eigenvalue weighted by molar-refractivity contribution is 0.0540. The Kier molecular flexibility index (Phi) is 4.44. The summed E-state index contributed by atoms with van der Waals surface area (Å²) in [6.45, 7) is 5.36. The van der Waals surface area contributed by atoms with E-state index in [1.54, 1.807) is 33.0 Å². The van der Waals surface area contributed by atoms with Crippen molar-refractivity contribution in [2.24, 2.45) is 0 Å². The van der Waals surface area contributed by atoms with Crippen LogP contribution in [0.15, 0.2) is 34.9 Å². The lowest BCUT2D eigenvalue weighted by Crippen LogP contribution is -2.27. The second-order valence-electron chi connectivity index (χ2n) is 5.52. The predicted octanol–water partition coefficient (Wildman–Crippen LogP) is 5.49. The maximum absolute atomic E-state index is 13.2. The van der Waals surface area contributed by atoms with Crippen LogP contribution in [0.1, 0.15) is 20.8 Å². The molecule has 0 bridgehead atoms. The van der Waals surface area contributed by atoms with E-state index in [1.807, 2.05) is 0 Å². The third kappa shape index (κ3) is 3.86. The number of benzene rings is 1. The third-order valence-electron chi connectivity index (χ3n) is 2.58. The SMILES string of the molecule is CC(C)(C)OC(=O)n1cc(Br)cc1-c1ccc(F)cc1Cl. The summed E-state index contributed by atoms with van der Waals surface area (Å²) < 4.78 is 20.5. The van der Waals surface area contributed by atoms with E-state index in [-0.39, 0.29) is 5.02 Å². The summed E-state index contributed by atoms with van der Waals surface area (Å²) in [6.07, 6.45) is 1.06. The normalized spacial score (nSPS) is 11.5. The molecule has 0 amide bonds. The molecule has 2 aromatic rings. The van der Waals surface area contributed by atoms with Gasteiger partial charge in [-0.15, -0.1) is 0 Å². The lowest BCUT2D eigenvalue weighted by Gasteiger charge is -2.20. The van der Waals surface area contributed by atoms with E-state index >= 15 is 0 Å². The van der Waals surface area contributed by atoms with Gasteiger partial charge in [0.1, 0.15) is 11.4 Å². The molecular formula is C15H14BrClFNO2. The van der Waals surface area contributed by atoms with Crippen molar-refractivity contribution in [3.05, 3.63) is 45.8 Å². The van der Waals surface area contributed by atoms with E-state index in [4.69, 9.17) is 16.3 Å². The minimum absolute atomic E-state index is 0.227. The van der Waals surface area contributed by atoms with Gasteiger partial charge in [0.05, 0.1) is 10.7 Å². The van der Waals surface area contributed by atoms with Crippen LogP contribution in [0.25, 0.3) is 11.3 Å². The summed E-state index contributed by atoms with van der Waals surface area (Å²) in [6, 6.07) is 5.75. The average molecular weight is 375 g/mol. The van der Waals surface area contributed by atoms with Crippen molar-refractivity contribution in [1.82, 2.24) is 4.57 Å². The zero-order valence-electron chi connectivity index (χ0n) is 11.8. The van der Waals surface area contributed by atoms with E-state index in [2.05, 4.69) is 15.9 Å². The molecule has 0 fully saturated rings. The van der Waals surface area contributed by atoms with E-state index in [9.17, 15) is 9.18 Å². The van der Waals surface area contributed by atoms with Crippen LogP contribution in [0.4, 0.5) is 9.18 Å². The standard InChI is InChI=1S/C15H14BrClFNO2/c1-15(2,3)21-14(20)19-8-9(16)6-13(19)11-5-4-10(18)7-12(11)17/h4-8H,1-3H3. The monoisotopic (exact) mass is 373 g/mol. The zero-order valence-corrected chi connectivity index (χ0v) is 14.1. The van der Waals surface area contributed by atoms with Crippen molar-refractivity contribution in [1.29, 1.82) is 0 Å². The van der Waals surface area contributed by atoms with Crippen molar-refractivity contribution in [2.45, 2.75) is 26.4 Å². The molecule has 0 radical (unpaired) electrons. The molecule has 0 aliphatic heterocycles. The Hall–Kier alpha value is -1.33. The number of rotatable bonds is 1. The molecule has 0 N–H and O–H groups in total. The van der Waals surface area contributed by atoms with Gasteiger partial charge in [-0.2, -0.15) is 0 Å². The summed E-state index contributed by atoms with van der Waals surface area (Å²) in [7, 11) is 0. The van der Waals surface area contributed by atoms with Gasteiger partial charge in [-0.1, -0.05) is 11.6 Å². The van der Waals surface area contributed by atoms with Gasteiger partial charge in [-0.05, 0) is 61.0 Å². The van der Waals surface area contributed by atoms with Crippen LogP contribution < -0.4 is 0 Å². The quantitative estimate of drug-likeness (QED) is 0.660. The minimum atomic E-state index is -0.613. The molecule has 0 unspecified atom stereocenters. The van der Waals surface area contributed by atoms with E-state index in [0.29, 0.717) is 15.7 Å². The maximum Gasteiger partial charge on any atom is 0.419 e. The molecule has 21 heavy (non-hydrogen) atoms. The molecule has 0 spiro atoms. The Morgan fingerprint density at radius 2 is 2.00 bits per heavy atom. The number of carbonyl (C=O) groups is 1. The highest BCUT2D eigenvalue weighted by Crippen LogP contribution is 2.32. The number of nitrogens with zero attached hydrogens (tertiary/aromatic N) is 1. The highest BCUT2D eigenvalue weighted by atomic mass is 79.9. The first-order chi connectivity index (χ1) is 9.67. The van der Waals surface area contributed by atoms with Crippen LogP contribution >= 0.6 is 27.5 Å². The van der Waals surface area contributed by atoms with Gasteiger partial charge >= 0.3 is 6.09 Å². The molecule has 0 aliphatic rings. The summed E-state index contributed by atoms with van der Waals surface area (Å²) in [5.74, 6) is -0.432. The largest absolute Gasteiger partial charge is 0.443 e. The van der Waals surface area contributed by atoms with Crippen LogP contribution in [-0.2, 0) is 4.74 Å². The molecule has 112 valence electrons. The molecule has 0 saturated carbocycles. The topological polar surface area (TPSA) is 31.2 Å². The summed E-state index contributed by atoms with van der Waals surface area (Å²) >= 11 is 9.38. The number of aromatic nitrogens is 1. The Bertz CT molecular complexity index is 691. The van der Waals surface area contributed by atoms with Crippen molar-refractivity contribution >= 4 is 33.6 Å². The maximum atomic E-state index is 13.2. The van der Waals surface area contributed by atoms with Gasteiger partial charge in [0.25, 0.3) is 0 Å². The predicted molar refractivity (Wildman–Crippen MR) is 84.2 cm³/mol. The number of ether oxygens (including phenoxy) is 1. The fourth-order valence-electron chi connectivity index (χ4n) is 1.80. The minimum Gasteiger partial charge on any atom is -0.443 e. The molecule has 0 atom stereocenters. The fraction of sp³-hybridized carbons (Fsp3) is 0.267. The first-order valence-electron chi connectivity index (χ1n) is 6.24. The van der Waals surface area contributed by atoms with Crippen molar-refractivity contribution < 1.29 is 13.9 Å². The lowest BCUT2D eigenvalue weighted by atomic mass is 10.1. The Labute approximate surface area is 135 Å². The first-order valence-corrected chi connectivity index (χ1v) is 7.41. The smallest absolute Gasteiger partial charge is 0.419 e. The molecule has 2 rings (SSSR count). The number of hydrogen-bond acceptors (Lipinski definition) is 2. The van der Waals surface area contributed by atoms with Crippen LogP contribution in [0.5, 0.6) is 0 Å². The van der Waals surface area contributed by atoms with Gasteiger partial charge in [-0.25, -0.2) is 9.18 Å². The van der Waals surface area contributed by atoms with Crippen LogP contribution in [0.2, 0.25) is 5.02 Å². The van der Waals surface area contributed by atoms with Crippen molar-refractivity contribution in [3.8, 4) is 11.3 Å². The Morgan fingerprint density at radius 3 is 2.57 bits per heavy atom. The van der Waals surface area contributed by atoms with Crippen molar-refractivity contribution in [3.63, 3.8) is 0 Å². The van der Waals surface area contributed by atoms with Crippen LogP contribution in [0, 0.1) is 5.82 Å². The highest BCUT2D eigenvalue weighted by molar-refractivity contribution is 9.10. The van der Waals surface area contributed by atoms with Gasteiger partial charge < -0.3 is 4.74 Å². The van der Waals surface area contributed by atoms with E-state index in [0.717, 1.165) is 0 Å². The number of halogens is 3. The van der Waals surface area contributed by atoms with Crippen molar-refractivity contribution in [2.75, 3.05) is 0 Å². The fourth-order valence-corrected chi connectivity index (χ4v) is 2.48. The molecule has 0 saturated heterocycles. The van der Waals surface area contributed by atoms with Gasteiger partial charge in [-0.3, -0.25) is 4.57 Å². The van der Waals surface area contributed by atoms with Crippen LogP contribution in [-0.4, -0.2) is 16.3 Å². The van der Waals surface area contributed by atoms with E-state index in [1.165, 1.54) is 22.8 Å². The molecule has 0 aliphatic carbocycles. The summed E-state index contributed by atoms with van der Waals surface area (Å²) in [5, 5.41) is 0.227. The Balaban J connectivity index is 2.48. The molecule has 1 aromatic heterocycles. The van der Waals surface area contributed by atoms with Gasteiger partial charge in [0, 0.05) is 16.2 Å². The van der Waals surface area contributed by atoms with E-state index < -0.39 is 17.5 Å². The Morgan fingerprint density at radius 1 is 1.33 bits per heavy atom. The first kappa shape index (κ1) is 16.0. The molecule has 6 heteroatoms. The van der Waals surface area contributed by atoms with Gasteiger partial charge in [0.2, 0.25) is 0 Å². The summed E-state index contributed by atoms with van der Waals surface area (Å²) in [5.41, 5.74) is 0.466. The van der Waals surface area contributed by atoms with Gasteiger partial charge in [0.15, 0.2) is 0 Å². The summed E-state index contributed by atoms with van der Waals surface area (Å²) in [4.78, 5) is 12.2. The molecular weight excluding hydrogens is 361 g/mol. The van der Waals surface area contributed by atoms with Crippen LogP contribution in [0.3, 0.4) is 0 Å².